The van der Waals surface area contributed by atoms with Crippen LogP contribution in [0.25, 0.3) is 10.2 Å². The van der Waals surface area contributed by atoms with Crippen molar-refractivity contribution in [3.8, 4) is 0 Å². The highest BCUT2D eigenvalue weighted by atomic mass is 32.2. The van der Waals surface area contributed by atoms with Gasteiger partial charge in [-0.05, 0) is 55.3 Å². The molecule has 0 spiro atoms. The predicted molar refractivity (Wildman–Crippen MR) is 97.3 cm³/mol. The van der Waals surface area contributed by atoms with Crippen molar-refractivity contribution in [1.82, 2.24) is 10.3 Å². The summed E-state index contributed by atoms with van der Waals surface area (Å²) in [5.41, 5.74) is 1.11. The molecule has 9 heteroatoms. The van der Waals surface area contributed by atoms with E-state index in [4.69, 9.17) is 0 Å². The first-order chi connectivity index (χ1) is 12.4. The number of benzene rings is 2. The third-order valence-electron chi connectivity index (χ3n) is 3.91. The molecule has 2 aromatic carbocycles. The van der Waals surface area contributed by atoms with Crippen molar-refractivity contribution in [1.29, 1.82) is 0 Å². The molecule has 134 valence electrons. The molecule has 1 aliphatic carbocycles. The van der Waals surface area contributed by atoms with Crippen molar-refractivity contribution in [2.75, 3.05) is 4.72 Å². The van der Waals surface area contributed by atoms with Crippen LogP contribution in [-0.4, -0.2) is 25.4 Å². The summed E-state index contributed by atoms with van der Waals surface area (Å²) in [6, 6.07) is 9.84. The van der Waals surface area contributed by atoms with Gasteiger partial charge in [0.25, 0.3) is 15.9 Å². The van der Waals surface area contributed by atoms with Crippen LogP contribution >= 0.6 is 11.3 Å². The van der Waals surface area contributed by atoms with Crippen LogP contribution in [0.15, 0.2) is 47.4 Å². The third kappa shape index (κ3) is 3.54. The highest BCUT2D eigenvalue weighted by Crippen LogP contribution is 2.29. The average Bonchev–Trinajstić information content (AvgIpc) is 3.31. The maximum atomic E-state index is 13.0. The number of sulfonamides is 1. The third-order valence-corrected chi connectivity index (χ3v) is 6.33. The van der Waals surface area contributed by atoms with Crippen LogP contribution in [0.4, 0.5) is 9.52 Å². The second kappa shape index (κ2) is 6.33. The number of carbonyl (C=O) groups is 1. The molecule has 0 atom stereocenters. The molecule has 0 unspecified atom stereocenters. The van der Waals surface area contributed by atoms with E-state index in [9.17, 15) is 17.6 Å². The van der Waals surface area contributed by atoms with Crippen LogP contribution in [-0.2, 0) is 10.0 Å². The maximum Gasteiger partial charge on any atom is 0.263 e. The van der Waals surface area contributed by atoms with Crippen molar-refractivity contribution in [2.24, 2.45) is 0 Å². The summed E-state index contributed by atoms with van der Waals surface area (Å²) in [5, 5.41) is 3.09. The summed E-state index contributed by atoms with van der Waals surface area (Å²) in [5.74, 6) is -0.655. The van der Waals surface area contributed by atoms with E-state index in [2.05, 4.69) is 15.0 Å². The Bertz CT molecular complexity index is 1090. The van der Waals surface area contributed by atoms with Gasteiger partial charge in [0.05, 0.1) is 15.1 Å². The Morgan fingerprint density at radius 1 is 1.15 bits per heavy atom. The molecule has 26 heavy (non-hydrogen) atoms. The van der Waals surface area contributed by atoms with Gasteiger partial charge in [0.15, 0.2) is 5.13 Å². The number of hydrogen-bond donors (Lipinski definition) is 2. The Hall–Kier alpha value is -2.52. The number of nitrogens with one attached hydrogen (secondary N) is 2. The van der Waals surface area contributed by atoms with Crippen LogP contribution < -0.4 is 10.0 Å². The Morgan fingerprint density at radius 2 is 1.88 bits per heavy atom. The topological polar surface area (TPSA) is 88.2 Å². The number of rotatable bonds is 5. The van der Waals surface area contributed by atoms with Crippen molar-refractivity contribution in [2.45, 2.75) is 23.8 Å². The number of aromatic nitrogens is 1. The summed E-state index contributed by atoms with van der Waals surface area (Å²) in [4.78, 5) is 16.3. The molecule has 1 aromatic heterocycles. The molecule has 0 saturated heterocycles. The van der Waals surface area contributed by atoms with Crippen LogP contribution in [0, 0.1) is 5.82 Å². The molecule has 1 aliphatic rings. The molecule has 1 heterocycles. The smallest absolute Gasteiger partial charge is 0.263 e. The van der Waals surface area contributed by atoms with Crippen LogP contribution in [0.1, 0.15) is 23.2 Å². The van der Waals surface area contributed by atoms with E-state index in [1.54, 1.807) is 18.2 Å². The van der Waals surface area contributed by atoms with E-state index in [-0.39, 0.29) is 22.0 Å². The molecule has 0 aliphatic heterocycles. The quantitative estimate of drug-likeness (QED) is 0.699. The van der Waals surface area contributed by atoms with Gasteiger partial charge in [0.2, 0.25) is 0 Å². The molecule has 0 bridgehead atoms. The number of hydrogen-bond acceptors (Lipinski definition) is 5. The lowest BCUT2D eigenvalue weighted by Crippen LogP contribution is -2.25. The van der Waals surface area contributed by atoms with Crippen molar-refractivity contribution in [3.63, 3.8) is 0 Å². The minimum absolute atomic E-state index is 0.0531. The zero-order valence-electron chi connectivity index (χ0n) is 13.4. The van der Waals surface area contributed by atoms with Gasteiger partial charge >= 0.3 is 0 Å². The molecule has 4 rings (SSSR count). The predicted octanol–water partition coefficient (Wildman–Crippen LogP) is 3.13. The monoisotopic (exact) mass is 391 g/mol. The van der Waals surface area contributed by atoms with Crippen LogP contribution in [0.5, 0.6) is 0 Å². The largest absolute Gasteiger partial charge is 0.349 e. The molecular weight excluding hydrogens is 377 g/mol. The van der Waals surface area contributed by atoms with Gasteiger partial charge in [-0.25, -0.2) is 17.8 Å². The van der Waals surface area contributed by atoms with Gasteiger partial charge in [-0.3, -0.25) is 9.52 Å². The van der Waals surface area contributed by atoms with E-state index in [0.29, 0.717) is 15.8 Å². The number of halogens is 1. The Labute approximate surface area is 153 Å². The molecule has 3 aromatic rings. The lowest BCUT2D eigenvalue weighted by molar-refractivity contribution is 0.0951. The van der Waals surface area contributed by atoms with E-state index in [1.165, 1.54) is 12.1 Å². The average molecular weight is 391 g/mol. The molecule has 1 saturated carbocycles. The number of thiazole rings is 1. The standard InChI is InChI=1S/C17H14FN3O3S2/c18-11-2-6-13(7-3-11)26(23,24)21-17-20-14-8-1-10(9-15(14)25-17)16(22)19-12-4-5-12/h1-3,6-9,12H,4-5H2,(H,19,22)(H,20,21). The fourth-order valence-electron chi connectivity index (χ4n) is 2.39. The summed E-state index contributed by atoms with van der Waals surface area (Å²) >= 11 is 1.13. The normalized spacial score (nSPS) is 14.3. The van der Waals surface area contributed by atoms with E-state index >= 15 is 0 Å². The van der Waals surface area contributed by atoms with Crippen LogP contribution in [0.2, 0.25) is 0 Å². The fraction of sp³-hybridized carbons (Fsp3) is 0.176. The Kier molecular flexibility index (Phi) is 4.12. The highest BCUT2D eigenvalue weighted by Gasteiger charge is 2.24. The number of amides is 1. The van der Waals surface area contributed by atoms with Gasteiger partial charge in [-0.2, -0.15) is 0 Å². The molecule has 2 N–H and O–H groups in total. The van der Waals surface area contributed by atoms with Crippen molar-refractivity contribution < 1.29 is 17.6 Å². The summed E-state index contributed by atoms with van der Waals surface area (Å²) in [7, 11) is -3.86. The van der Waals surface area contributed by atoms with E-state index in [1.807, 2.05) is 0 Å². The molecule has 6 nitrogen and oxygen atoms in total. The Morgan fingerprint density at radius 3 is 2.58 bits per heavy atom. The van der Waals surface area contributed by atoms with Crippen LogP contribution in [0.3, 0.4) is 0 Å². The maximum absolute atomic E-state index is 13.0. The molecule has 1 amide bonds. The van der Waals surface area contributed by atoms with E-state index < -0.39 is 15.8 Å². The second-order valence-electron chi connectivity index (χ2n) is 6.01. The molecule has 1 fully saturated rings. The SMILES string of the molecule is O=C(NC1CC1)c1ccc2nc(NS(=O)(=O)c3ccc(F)cc3)sc2c1. The minimum Gasteiger partial charge on any atom is -0.349 e. The zero-order valence-corrected chi connectivity index (χ0v) is 15.0. The number of nitrogens with zero attached hydrogens (tertiary/aromatic N) is 1. The first-order valence-corrected chi connectivity index (χ1v) is 10.2. The zero-order chi connectivity index (χ0) is 18.3. The van der Waals surface area contributed by atoms with Gasteiger partial charge < -0.3 is 5.32 Å². The first kappa shape index (κ1) is 16.9. The fourth-order valence-corrected chi connectivity index (χ4v) is 4.53. The molecular formula is C17H14FN3O3S2. The number of anilines is 1. The Balaban J connectivity index is 1.58. The summed E-state index contributed by atoms with van der Waals surface area (Å²) < 4.78 is 40.8. The van der Waals surface area contributed by atoms with Gasteiger partial charge in [0, 0.05) is 11.6 Å². The van der Waals surface area contributed by atoms with Gasteiger partial charge in [0.1, 0.15) is 5.82 Å². The van der Waals surface area contributed by atoms with Gasteiger partial charge in [-0.15, -0.1) is 0 Å². The summed E-state index contributed by atoms with van der Waals surface area (Å²) in [6.07, 6.45) is 2.01. The number of fused-ring (bicyclic) bond motifs is 1. The minimum atomic E-state index is -3.86. The van der Waals surface area contributed by atoms with Gasteiger partial charge in [-0.1, -0.05) is 11.3 Å². The lowest BCUT2D eigenvalue weighted by Gasteiger charge is -2.04. The van der Waals surface area contributed by atoms with Crippen molar-refractivity contribution in [3.05, 3.63) is 53.8 Å². The second-order valence-corrected chi connectivity index (χ2v) is 8.72. The highest BCUT2D eigenvalue weighted by molar-refractivity contribution is 7.93. The lowest BCUT2D eigenvalue weighted by atomic mass is 10.2. The van der Waals surface area contributed by atoms with E-state index in [0.717, 1.165) is 36.3 Å². The summed E-state index contributed by atoms with van der Waals surface area (Å²) in [6.45, 7) is 0. The van der Waals surface area contributed by atoms with Crippen molar-refractivity contribution >= 4 is 42.6 Å². The first-order valence-electron chi connectivity index (χ1n) is 7.90. The molecule has 0 radical (unpaired) electrons. The number of carbonyl (C=O) groups excluding carboxylic acids is 1.